The van der Waals surface area contributed by atoms with Gasteiger partial charge < -0.3 is 102 Å². The fraction of sp³-hybridized carbons (Fsp3) is 0.620. The van der Waals surface area contributed by atoms with Crippen LogP contribution in [0.2, 0.25) is 0 Å². The van der Waals surface area contributed by atoms with Crippen molar-refractivity contribution in [1.29, 1.82) is 0 Å². The fourth-order valence-electron chi connectivity index (χ4n) is 10.4. The number of carbonyl (C=O) groups is 3. The van der Waals surface area contributed by atoms with Crippen molar-refractivity contribution in [1.82, 2.24) is 5.32 Å². The summed E-state index contributed by atoms with van der Waals surface area (Å²) in [6, 6.07) is 0. The summed E-state index contributed by atoms with van der Waals surface area (Å²) in [5, 5.41) is 156. The van der Waals surface area contributed by atoms with Crippen LogP contribution in [0.5, 0.6) is 0 Å². The van der Waals surface area contributed by atoms with Gasteiger partial charge in [-0.15, -0.1) is 0 Å². The highest BCUT2D eigenvalue weighted by molar-refractivity contribution is 6.03. The maximum absolute atomic E-state index is 13.2. The van der Waals surface area contributed by atoms with Crippen molar-refractivity contribution in [2.75, 3.05) is 6.54 Å². The van der Waals surface area contributed by atoms with E-state index >= 15 is 0 Å². The molecular formula is C71H112N2O21. The van der Waals surface area contributed by atoms with E-state index in [0.29, 0.717) is 19.4 Å². The van der Waals surface area contributed by atoms with E-state index in [4.69, 9.17) is 19.9 Å². The van der Waals surface area contributed by atoms with Gasteiger partial charge in [-0.2, -0.15) is 0 Å². The van der Waals surface area contributed by atoms with E-state index in [2.05, 4.69) is 11.9 Å². The van der Waals surface area contributed by atoms with Crippen LogP contribution in [0.3, 0.4) is 0 Å². The maximum atomic E-state index is 13.2. The molecule has 22 unspecified atom stereocenters. The number of carbonyl (C=O) groups excluding carboxylic acids is 3. The molecule has 23 nitrogen and oxygen atoms in total. The molecule has 94 heavy (non-hydrogen) atoms. The molecule has 1 aliphatic carbocycles. The van der Waals surface area contributed by atoms with Gasteiger partial charge in [0.25, 0.3) is 0 Å². The molecule has 0 aromatic carbocycles. The third-order valence-electron chi connectivity index (χ3n) is 16.2. The number of rotatable bonds is 45. The minimum Gasteiger partial charge on any atom is -0.510 e. The van der Waals surface area contributed by atoms with Gasteiger partial charge in [-0.3, -0.25) is 14.4 Å². The number of amides is 1. The molecule has 0 saturated carbocycles. The van der Waals surface area contributed by atoms with Gasteiger partial charge in [0.15, 0.2) is 12.1 Å². The second-order valence-electron chi connectivity index (χ2n) is 24.6. The zero-order valence-electron chi connectivity index (χ0n) is 55.3. The van der Waals surface area contributed by atoms with Crippen LogP contribution in [0.25, 0.3) is 0 Å². The number of nitrogens with one attached hydrogen (secondary N) is 1. The highest BCUT2D eigenvalue weighted by Gasteiger charge is 2.46. The minimum absolute atomic E-state index is 0.00621. The lowest BCUT2D eigenvalue weighted by Gasteiger charge is -2.41. The lowest BCUT2D eigenvalue weighted by atomic mass is 9.88. The second kappa shape index (κ2) is 47.6. The first-order valence-corrected chi connectivity index (χ1v) is 32.9. The van der Waals surface area contributed by atoms with Gasteiger partial charge in [-0.25, -0.2) is 0 Å². The van der Waals surface area contributed by atoms with E-state index in [1.165, 1.54) is 25.2 Å². The number of epoxide rings is 1. The largest absolute Gasteiger partial charge is 0.510 e. The summed E-state index contributed by atoms with van der Waals surface area (Å²) in [6.07, 6.45) is 20.5. The summed E-state index contributed by atoms with van der Waals surface area (Å²) < 4.78 is 16.9. The average Bonchev–Trinajstić information content (AvgIpc) is 1.47. The molecule has 0 bridgehead atoms. The molecular weight excluding hydrogens is 1220 g/mol. The fourth-order valence-corrected chi connectivity index (χ4v) is 10.4. The van der Waals surface area contributed by atoms with Gasteiger partial charge in [0.05, 0.1) is 85.5 Å². The SMILES string of the molecule is C/C=C/C=C/CC(OC1OC(C)C(O)C(O)C1O)C(C)C(=O)CC(O)CC(O)CC(O)/C=C/CC(O)CC(O)CC(O)CC(O)C1OC1CC(O)CC(O)CCCN.C=C/C=C/C=C/C(O)C(C)C(O)C(C)/C=C/CC/C=C/C=C/C=C/C=C/C(=O)NC1=C(O)CCC1=O. The van der Waals surface area contributed by atoms with Crippen molar-refractivity contribution in [3.63, 3.8) is 0 Å². The number of hydrogen-bond donors (Lipinski definition) is 17. The average molecular weight is 1330 g/mol. The Morgan fingerprint density at radius 2 is 1.28 bits per heavy atom. The Kier molecular flexibility index (Phi) is 43.0. The van der Waals surface area contributed by atoms with Crippen molar-refractivity contribution in [2.45, 2.75) is 254 Å². The molecule has 2 saturated heterocycles. The normalized spacial score (nSPS) is 25.6. The zero-order chi connectivity index (χ0) is 70.3. The Morgan fingerprint density at radius 1 is 0.660 bits per heavy atom. The molecule has 3 rings (SSSR count). The van der Waals surface area contributed by atoms with Crippen molar-refractivity contribution < 1.29 is 105 Å². The first-order chi connectivity index (χ1) is 44.6. The smallest absolute Gasteiger partial charge is 0.248 e. The third kappa shape index (κ3) is 35.1. The number of ketones is 2. The summed E-state index contributed by atoms with van der Waals surface area (Å²) in [4.78, 5) is 36.5. The van der Waals surface area contributed by atoms with E-state index in [0.717, 1.165) is 12.8 Å². The number of unbranched alkanes of at least 4 members (excludes halogenated alkanes) is 1. The van der Waals surface area contributed by atoms with Crippen LogP contribution in [0, 0.1) is 17.8 Å². The molecule has 532 valence electrons. The van der Waals surface area contributed by atoms with Gasteiger partial charge in [0.2, 0.25) is 5.91 Å². The first kappa shape index (κ1) is 84.9. The second-order valence-corrected chi connectivity index (χ2v) is 24.6. The van der Waals surface area contributed by atoms with Gasteiger partial charge in [-0.05, 0) is 84.6 Å². The van der Waals surface area contributed by atoms with Gasteiger partial charge in [0.1, 0.15) is 41.7 Å². The van der Waals surface area contributed by atoms with E-state index in [1.54, 1.807) is 73.8 Å². The van der Waals surface area contributed by atoms with Crippen molar-refractivity contribution in [3.05, 3.63) is 146 Å². The Hall–Kier alpha value is -5.23. The summed E-state index contributed by atoms with van der Waals surface area (Å²) in [5.74, 6) is -2.35. The van der Waals surface area contributed by atoms with Crippen molar-refractivity contribution >= 4 is 17.5 Å². The zero-order valence-corrected chi connectivity index (χ0v) is 55.3. The maximum Gasteiger partial charge on any atom is 0.248 e. The highest BCUT2D eigenvalue weighted by atomic mass is 16.7. The molecule has 0 spiro atoms. The Balaban J connectivity index is 0.000000716. The Bertz CT molecular complexity index is 2520. The van der Waals surface area contributed by atoms with E-state index in [9.17, 15) is 91.0 Å². The minimum atomic E-state index is -1.57. The monoisotopic (exact) mass is 1330 g/mol. The molecule has 2 aliphatic heterocycles. The molecule has 2 heterocycles. The Morgan fingerprint density at radius 3 is 1.95 bits per heavy atom. The summed E-state index contributed by atoms with van der Waals surface area (Å²) >= 11 is 0. The number of hydrogen-bond acceptors (Lipinski definition) is 22. The quantitative estimate of drug-likeness (QED) is 0.0135. The van der Waals surface area contributed by atoms with Crippen LogP contribution in [0.1, 0.15) is 137 Å². The third-order valence-corrected chi connectivity index (χ3v) is 16.2. The van der Waals surface area contributed by atoms with Crippen LogP contribution in [0.4, 0.5) is 0 Å². The van der Waals surface area contributed by atoms with Gasteiger partial charge in [-0.1, -0.05) is 149 Å². The number of Topliss-reactive ketones (excluding diaryl/α,β-unsaturated/α-hetero) is 2. The topological polar surface area (TPSA) is 424 Å². The van der Waals surface area contributed by atoms with Crippen LogP contribution in [0.15, 0.2) is 146 Å². The van der Waals surface area contributed by atoms with E-state index < -0.39 is 134 Å². The highest BCUT2D eigenvalue weighted by Crippen LogP contribution is 2.33. The van der Waals surface area contributed by atoms with Gasteiger partial charge >= 0.3 is 0 Å². The Labute approximate surface area is 555 Å². The van der Waals surface area contributed by atoms with Crippen LogP contribution >= 0.6 is 0 Å². The number of nitrogens with two attached hydrogens (primary N) is 1. The molecule has 22 atom stereocenters. The van der Waals surface area contributed by atoms with E-state index in [-0.39, 0.29) is 106 Å². The van der Waals surface area contributed by atoms with Gasteiger partial charge in [0, 0.05) is 62.4 Å². The molecule has 2 fully saturated rings. The van der Waals surface area contributed by atoms with Crippen molar-refractivity contribution in [2.24, 2.45) is 23.5 Å². The summed E-state index contributed by atoms with van der Waals surface area (Å²) in [6.45, 7) is 12.7. The first-order valence-electron chi connectivity index (χ1n) is 32.9. The molecule has 23 heteroatoms. The van der Waals surface area contributed by atoms with E-state index in [1.807, 2.05) is 63.3 Å². The van der Waals surface area contributed by atoms with Crippen LogP contribution < -0.4 is 11.1 Å². The number of aliphatic hydroxyl groups is 15. The standard InChI is InChI=1S/C41H73NO16.C30H39NO5/c1-4-5-6-7-13-35(58-41-39(55)38(54)37(53)24(3)56-41)23(2)33(51)20-30(48)18-28(46)15-25(43)10-8-11-26(44)16-29(47)19-31(49)21-34(52)40-36(57-40)22-32(50)17-27(45)12-9-14-42;1-4-5-6-16-19-25(32)24(3)30(36)23(2)18-15-13-11-9-7-8-10-12-14-17-20-28(35)31-29-26(33)21-22-27(29)34/h4-8,10,23-32,34-41,43-50,52-55H,9,11-22,42H2,1-3H3;4-10,12,14-20,23-25,30,32-33,36H,1,11,13,21-22H2,2-3H3,(H,31,35)/b5-4+,7-6+,10-8+;6-5+,9-7+,10-8+,14-12+,18-15+,19-16+,20-17+. The van der Waals surface area contributed by atoms with Crippen LogP contribution in [-0.4, -0.2) is 217 Å². The number of aliphatic hydroxyl groups excluding tert-OH is 15. The molecule has 3 aliphatic rings. The molecule has 18 N–H and O–H groups in total. The molecule has 0 aromatic rings. The van der Waals surface area contributed by atoms with Crippen molar-refractivity contribution in [3.8, 4) is 0 Å². The molecule has 0 radical (unpaired) electrons. The summed E-state index contributed by atoms with van der Waals surface area (Å²) in [5.41, 5.74) is 5.43. The number of ether oxygens (including phenoxy) is 3. The predicted molar refractivity (Wildman–Crippen MR) is 357 cm³/mol. The lowest BCUT2D eigenvalue weighted by Crippen LogP contribution is -2.58. The summed E-state index contributed by atoms with van der Waals surface area (Å²) in [7, 11) is 0. The predicted octanol–water partition coefficient (Wildman–Crippen LogP) is 3.84. The van der Waals surface area contributed by atoms with Crippen LogP contribution in [-0.2, 0) is 28.6 Å². The number of allylic oxidation sites excluding steroid dienone is 17. The lowest BCUT2D eigenvalue weighted by molar-refractivity contribution is -0.306. The molecule has 1 amide bonds. The molecule has 0 aromatic heterocycles.